The summed E-state index contributed by atoms with van der Waals surface area (Å²) in [4.78, 5) is 22.6. The summed E-state index contributed by atoms with van der Waals surface area (Å²) in [7, 11) is 0. The van der Waals surface area contributed by atoms with Crippen LogP contribution in [0.2, 0.25) is 0 Å². The van der Waals surface area contributed by atoms with Crippen LogP contribution in [0.5, 0.6) is 0 Å². The summed E-state index contributed by atoms with van der Waals surface area (Å²) in [6, 6.07) is 8.85. The average Bonchev–Trinajstić information content (AvgIpc) is 2.91. The Morgan fingerprint density at radius 2 is 1.95 bits per heavy atom. The number of amides is 1. The highest BCUT2D eigenvalue weighted by Crippen LogP contribution is 2.11. The van der Waals surface area contributed by atoms with E-state index in [2.05, 4.69) is 10.4 Å². The van der Waals surface area contributed by atoms with Crippen LogP contribution in [0.15, 0.2) is 36.5 Å². The van der Waals surface area contributed by atoms with Crippen LogP contribution in [0.3, 0.4) is 0 Å². The molecule has 6 nitrogen and oxygen atoms in total. The fourth-order valence-electron chi connectivity index (χ4n) is 2.11. The van der Waals surface area contributed by atoms with Gasteiger partial charge in [-0.2, -0.15) is 5.10 Å². The lowest BCUT2D eigenvalue weighted by Crippen LogP contribution is -2.32. The minimum Gasteiger partial charge on any atom is -0.481 e. The Hall–Kier alpha value is -2.63. The zero-order valence-electron chi connectivity index (χ0n) is 12.6. The maximum Gasteiger partial charge on any atom is 0.303 e. The molecule has 0 fully saturated rings. The lowest BCUT2D eigenvalue weighted by molar-refractivity contribution is -0.137. The second kappa shape index (κ2) is 6.89. The summed E-state index contributed by atoms with van der Waals surface area (Å²) in [5.41, 5.74) is 2.44. The first-order valence-corrected chi connectivity index (χ1v) is 7.11. The molecule has 0 aliphatic rings. The molecule has 116 valence electrons. The molecule has 0 bridgehead atoms. The van der Waals surface area contributed by atoms with Gasteiger partial charge in [0, 0.05) is 29.9 Å². The van der Waals surface area contributed by atoms with Crippen molar-refractivity contribution in [2.75, 3.05) is 0 Å². The molecule has 0 spiro atoms. The van der Waals surface area contributed by atoms with Crippen LogP contribution in [0, 0.1) is 6.92 Å². The fourth-order valence-corrected chi connectivity index (χ4v) is 2.11. The van der Waals surface area contributed by atoms with E-state index < -0.39 is 5.97 Å². The summed E-state index contributed by atoms with van der Waals surface area (Å²) in [6.45, 7) is 3.75. The van der Waals surface area contributed by atoms with Gasteiger partial charge in [0.2, 0.25) is 0 Å². The quantitative estimate of drug-likeness (QED) is 0.856. The molecule has 2 rings (SSSR count). The third-order valence-corrected chi connectivity index (χ3v) is 3.37. The third kappa shape index (κ3) is 3.94. The number of carboxylic acids is 1. The maximum absolute atomic E-state index is 12.1. The molecule has 1 atom stereocenters. The summed E-state index contributed by atoms with van der Waals surface area (Å²) in [6.07, 6.45) is 2.17. The molecule has 0 saturated heterocycles. The molecule has 0 saturated carbocycles. The normalized spacial score (nSPS) is 11.9. The first kappa shape index (κ1) is 15.8. The zero-order chi connectivity index (χ0) is 16.1. The molecule has 6 heteroatoms. The molecule has 22 heavy (non-hydrogen) atoms. The molecule has 0 aliphatic heterocycles. The third-order valence-electron chi connectivity index (χ3n) is 3.37. The highest BCUT2D eigenvalue weighted by atomic mass is 16.4. The van der Waals surface area contributed by atoms with Crippen molar-refractivity contribution in [1.29, 1.82) is 0 Å². The van der Waals surface area contributed by atoms with Crippen LogP contribution >= 0.6 is 0 Å². The molecule has 0 aliphatic carbocycles. The van der Waals surface area contributed by atoms with Crippen molar-refractivity contribution < 1.29 is 14.7 Å². The number of hydrogen-bond donors (Lipinski definition) is 2. The first-order valence-electron chi connectivity index (χ1n) is 7.11. The average molecular weight is 301 g/mol. The number of carbonyl (C=O) groups excluding carboxylic acids is 1. The van der Waals surface area contributed by atoms with Crippen LogP contribution in [-0.4, -0.2) is 32.8 Å². The van der Waals surface area contributed by atoms with Gasteiger partial charge >= 0.3 is 5.97 Å². The van der Waals surface area contributed by atoms with Gasteiger partial charge in [-0.05, 0) is 50.6 Å². The SMILES string of the molecule is Cc1ccnn1-c1ccc(C(=O)NC(C)CCC(=O)O)cc1. The minimum absolute atomic E-state index is 0.0406. The number of nitrogens with zero attached hydrogens (tertiary/aromatic N) is 2. The van der Waals surface area contributed by atoms with Crippen LogP contribution in [0.4, 0.5) is 0 Å². The van der Waals surface area contributed by atoms with E-state index in [0.29, 0.717) is 12.0 Å². The number of aromatic nitrogens is 2. The monoisotopic (exact) mass is 301 g/mol. The van der Waals surface area contributed by atoms with E-state index in [1.807, 2.05) is 25.1 Å². The van der Waals surface area contributed by atoms with Crippen molar-refractivity contribution in [1.82, 2.24) is 15.1 Å². The molecule has 1 unspecified atom stereocenters. The molecule has 1 aromatic carbocycles. The van der Waals surface area contributed by atoms with Gasteiger partial charge < -0.3 is 10.4 Å². The van der Waals surface area contributed by atoms with Crippen molar-refractivity contribution in [3.63, 3.8) is 0 Å². The van der Waals surface area contributed by atoms with E-state index in [1.54, 1.807) is 29.9 Å². The second-order valence-corrected chi connectivity index (χ2v) is 5.24. The number of hydrogen-bond acceptors (Lipinski definition) is 3. The number of carboxylic acid groups (broad SMARTS) is 1. The Labute approximate surface area is 128 Å². The molecule has 1 amide bonds. The first-order chi connectivity index (χ1) is 10.5. The predicted octanol–water partition coefficient (Wildman–Crippen LogP) is 2.16. The highest BCUT2D eigenvalue weighted by Gasteiger charge is 2.11. The van der Waals surface area contributed by atoms with Crippen LogP contribution in [0.1, 0.15) is 35.8 Å². The van der Waals surface area contributed by atoms with Crippen molar-refractivity contribution >= 4 is 11.9 Å². The largest absolute Gasteiger partial charge is 0.481 e. The number of rotatable bonds is 6. The number of nitrogens with one attached hydrogen (secondary N) is 1. The zero-order valence-corrected chi connectivity index (χ0v) is 12.6. The molecule has 2 N–H and O–H groups in total. The van der Waals surface area contributed by atoms with Gasteiger partial charge in [-0.15, -0.1) is 0 Å². The predicted molar refractivity (Wildman–Crippen MR) is 82.1 cm³/mol. The molecule has 2 aromatic rings. The standard InChI is InChI=1S/C16H19N3O3/c1-11(3-8-15(20)21)18-16(22)13-4-6-14(7-5-13)19-12(2)9-10-17-19/h4-7,9-11H,3,8H2,1-2H3,(H,18,22)(H,20,21). The van der Waals surface area contributed by atoms with E-state index in [4.69, 9.17) is 5.11 Å². The number of aryl methyl sites for hydroxylation is 1. The van der Waals surface area contributed by atoms with Gasteiger partial charge in [-0.25, -0.2) is 4.68 Å². The molecule has 0 radical (unpaired) electrons. The smallest absolute Gasteiger partial charge is 0.303 e. The Balaban J connectivity index is 1.99. The van der Waals surface area contributed by atoms with E-state index >= 15 is 0 Å². The molecule has 1 heterocycles. The molecular formula is C16H19N3O3. The van der Waals surface area contributed by atoms with Crippen molar-refractivity contribution in [2.45, 2.75) is 32.7 Å². The van der Waals surface area contributed by atoms with Gasteiger partial charge in [0.15, 0.2) is 0 Å². The number of aliphatic carboxylic acids is 1. The lowest BCUT2D eigenvalue weighted by Gasteiger charge is -2.13. The Kier molecular flexibility index (Phi) is 4.93. The summed E-state index contributed by atoms with van der Waals surface area (Å²) >= 11 is 0. The maximum atomic E-state index is 12.1. The van der Waals surface area contributed by atoms with Gasteiger partial charge in [0.05, 0.1) is 5.69 Å². The van der Waals surface area contributed by atoms with Crippen LogP contribution < -0.4 is 5.32 Å². The van der Waals surface area contributed by atoms with Gasteiger partial charge in [-0.3, -0.25) is 9.59 Å². The highest BCUT2D eigenvalue weighted by molar-refractivity contribution is 5.94. The Morgan fingerprint density at radius 1 is 1.27 bits per heavy atom. The number of benzene rings is 1. The summed E-state index contributed by atoms with van der Waals surface area (Å²) in [5, 5.41) is 15.6. The van der Waals surface area contributed by atoms with E-state index in [0.717, 1.165) is 11.4 Å². The van der Waals surface area contributed by atoms with Crippen LogP contribution in [-0.2, 0) is 4.79 Å². The summed E-state index contributed by atoms with van der Waals surface area (Å²) < 4.78 is 1.79. The lowest BCUT2D eigenvalue weighted by atomic mass is 10.1. The van der Waals surface area contributed by atoms with Crippen molar-refractivity contribution in [2.24, 2.45) is 0 Å². The summed E-state index contributed by atoms with van der Waals surface area (Å²) in [5.74, 6) is -1.07. The van der Waals surface area contributed by atoms with Crippen molar-refractivity contribution in [3.8, 4) is 5.69 Å². The van der Waals surface area contributed by atoms with Gasteiger partial charge in [0.25, 0.3) is 5.91 Å². The van der Waals surface area contributed by atoms with E-state index in [1.165, 1.54) is 0 Å². The molecule has 1 aromatic heterocycles. The van der Waals surface area contributed by atoms with E-state index in [-0.39, 0.29) is 18.4 Å². The Bertz CT molecular complexity index is 662. The minimum atomic E-state index is -0.861. The van der Waals surface area contributed by atoms with Crippen molar-refractivity contribution in [3.05, 3.63) is 47.8 Å². The van der Waals surface area contributed by atoms with E-state index in [9.17, 15) is 9.59 Å². The molecular weight excluding hydrogens is 282 g/mol. The van der Waals surface area contributed by atoms with Gasteiger partial charge in [-0.1, -0.05) is 0 Å². The van der Waals surface area contributed by atoms with Gasteiger partial charge in [0.1, 0.15) is 0 Å². The van der Waals surface area contributed by atoms with Crippen LogP contribution in [0.25, 0.3) is 5.69 Å². The Morgan fingerprint density at radius 3 is 2.50 bits per heavy atom. The topological polar surface area (TPSA) is 84.2 Å². The number of carbonyl (C=O) groups is 2. The fraction of sp³-hybridized carbons (Fsp3) is 0.312. The second-order valence-electron chi connectivity index (χ2n) is 5.24.